The fraction of sp³-hybridized carbons (Fsp3) is 0.519. The van der Waals surface area contributed by atoms with Gasteiger partial charge < -0.3 is 16.0 Å². The van der Waals surface area contributed by atoms with E-state index in [1.54, 1.807) is 5.06 Å². The maximum atomic E-state index is 11.7. The molecule has 2 spiro atoms. The first kappa shape index (κ1) is 24.8. The number of hydroxylamine groups is 2. The summed E-state index contributed by atoms with van der Waals surface area (Å²) >= 11 is 0. The summed E-state index contributed by atoms with van der Waals surface area (Å²) in [7, 11) is 0. The number of piperidine rings is 2. The molecule has 4 aliphatic heterocycles. The van der Waals surface area contributed by atoms with Gasteiger partial charge in [0.25, 0.3) is 0 Å². The predicted octanol–water partition coefficient (Wildman–Crippen LogP) is 2.35. The van der Waals surface area contributed by atoms with Gasteiger partial charge in [0.1, 0.15) is 0 Å². The Bertz CT molecular complexity index is 1010. The quantitative estimate of drug-likeness (QED) is 0.324. The second-order valence-corrected chi connectivity index (χ2v) is 10.2. The van der Waals surface area contributed by atoms with Gasteiger partial charge in [0.15, 0.2) is 5.34 Å². The Morgan fingerprint density at radius 2 is 1.44 bits per heavy atom. The van der Waals surface area contributed by atoms with Crippen LogP contribution in [0.4, 0.5) is 0 Å². The Morgan fingerprint density at radius 1 is 0.861 bits per heavy atom. The number of nitrogens with one attached hydrogen (secondary N) is 3. The lowest BCUT2D eigenvalue weighted by Crippen LogP contribution is -2.57. The summed E-state index contributed by atoms with van der Waals surface area (Å²) in [6.45, 7) is 5.28. The molecule has 192 valence electrons. The molecule has 2 atom stereocenters. The van der Waals surface area contributed by atoms with Crippen molar-refractivity contribution in [2.45, 2.75) is 55.9 Å². The first-order chi connectivity index (χ1) is 17.7. The molecule has 0 aliphatic carbocycles. The summed E-state index contributed by atoms with van der Waals surface area (Å²) in [6, 6.07) is 21.0. The second-order valence-electron chi connectivity index (χ2n) is 10.2. The Balaban J connectivity index is 0.000000148. The van der Waals surface area contributed by atoms with Gasteiger partial charge in [0, 0.05) is 6.54 Å². The summed E-state index contributed by atoms with van der Waals surface area (Å²) in [6.07, 6.45) is 4.92. The van der Waals surface area contributed by atoms with E-state index in [0.717, 1.165) is 64.8 Å². The molecule has 4 aliphatic rings. The smallest absolute Gasteiger partial charge is 0.235 e. The minimum absolute atomic E-state index is 0.0228. The van der Waals surface area contributed by atoms with Crippen LogP contribution in [-0.2, 0) is 22.7 Å². The van der Waals surface area contributed by atoms with Gasteiger partial charge in [-0.15, -0.1) is 9.97 Å². The van der Waals surface area contributed by atoms with Crippen molar-refractivity contribution < 1.29 is 9.73 Å². The van der Waals surface area contributed by atoms with Crippen molar-refractivity contribution in [3.63, 3.8) is 0 Å². The number of benzene rings is 2. The summed E-state index contributed by atoms with van der Waals surface area (Å²) in [5.74, 6) is 0.160. The third-order valence-electron chi connectivity index (χ3n) is 8.10. The average Bonchev–Trinajstić information content (AvgIpc) is 3.34. The largest absolute Gasteiger partial charge is 0.337 e. The van der Waals surface area contributed by atoms with Gasteiger partial charge in [0.05, 0.1) is 23.8 Å². The molecule has 1 amide bonds. The van der Waals surface area contributed by atoms with Crippen LogP contribution in [0.3, 0.4) is 0 Å². The Kier molecular flexibility index (Phi) is 7.62. The number of hydrogen-bond acceptors (Lipinski definition) is 8. The molecule has 3 N–H and O–H groups in total. The Morgan fingerprint density at radius 3 is 2.06 bits per heavy atom. The van der Waals surface area contributed by atoms with Gasteiger partial charge in [-0.1, -0.05) is 60.7 Å². The molecule has 0 aromatic heterocycles. The van der Waals surface area contributed by atoms with E-state index in [1.165, 1.54) is 11.1 Å². The molecule has 0 saturated carbocycles. The van der Waals surface area contributed by atoms with Crippen molar-refractivity contribution >= 4 is 5.91 Å². The fourth-order valence-corrected chi connectivity index (χ4v) is 6.10. The van der Waals surface area contributed by atoms with Gasteiger partial charge in [-0.05, 0) is 69.4 Å². The van der Waals surface area contributed by atoms with Crippen LogP contribution in [0.5, 0.6) is 0 Å². The van der Waals surface area contributed by atoms with Crippen LogP contribution in [0, 0.1) is 4.91 Å². The van der Waals surface area contributed by atoms with Crippen LogP contribution in [0.2, 0.25) is 0 Å². The lowest BCUT2D eigenvalue weighted by Gasteiger charge is -2.41. The predicted molar refractivity (Wildman–Crippen MR) is 137 cm³/mol. The number of nitrogens with zero attached hydrogens (tertiary/aromatic N) is 3. The first-order valence-electron chi connectivity index (χ1n) is 13.0. The van der Waals surface area contributed by atoms with E-state index in [-0.39, 0.29) is 23.2 Å². The molecule has 4 fully saturated rings. The van der Waals surface area contributed by atoms with Gasteiger partial charge in [0.2, 0.25) is 5.91 Å². The van der Waals surface area contributed by atoms with E-state index in [0.29, 0.717) is 6.54 Å². The molecule has 9 nitrogen and oxygen atoms in total. The van der Waals surface area contributed by atoms with Gasteiger partial charge in [-0.3, -0.25) is 14.6 Å². The van der Waals surface area contributed by atoms with E-state index in [9.17, 15) is 9.70 Å². The molecule has 6 rings (SSSR count). The van der Waals surface area contributed by atoms with Crippen LogP contribution in [0.1, 0.15) is 36.8 Å². The van der Waals surface area contributed by atoms with Crippen LogP contribution < -0.4 is 16.0 Å². The third kappa shape index (κ3) is 5.29. The normalized spacial score (nSPS) is 26.1. The summed E-state index contributed by atoms with van der Waals surface area (Å²) in [5.41, 5.74) is 2.46. The van der Waals surface area contributed by atoms with Gasteiger partial charge in [-0.2, -0.15) is 0 Å². The highest BCUT2D eigenvalue weighted by atomic mass is 16.9. The number of carbonyl (C=O) groups is 1. The van der Waals surface area contributed by atoms with Gasteiger partial charge in [-0.25, -0.2) is 0 Å². The summed E-state index contributed by atoms with van der Waals surface area (Å²) < 4.78 is 0. The summed E-state index contributed by atoms with van der Waals surface area (Å²) in [4.78, 5) is 29.3. The fourth-order valence-electron chi connectivity index (χ4n) is 6.10. The maximum absolute atomic E-state index is 11.7. The highest BCUT2D eigenvalue weighted by Gasteiger charge is 2.65. The zero-order valence-corrected chi connectivity index (χ0v) is 20.7. The van der Waals surface area contributed by atoms with Crippen molar-refractivity contribution in [2.24, 2.45) is 5.34 Å². The molecule has 2 aromatic carbocycles. The van der Waals surface area contributed by atoms with Crippen LogP contribution in [0.25, 0.3) is 0 Å². The molecule has 36 heavy (non-hydrogen) atoms. The molecular formula is C27H36N6O3. The first-order valence-corrected chi connectivity index (χ1v) is 13.0. The topological polar surface area (TPSA) is 98.1 Å². The second kappa shape index (κ2) is 11.0. The number of rotatable bonds is 6. The van der Waals surface area contributed by atoms with E-state index < -0.39 is 0 Å². The molecule has 2 aromatic rings. The van der Waals surface area contributed by atoms with Crippen molar-refractivity contribution in [3.8, 4) is 0 Å². The molecule has 4 saturated heterocycles. The van der Waals surface area contributed by atoms with E-state index in [2.05, 4.69) is 62.6 Å². The maximum Gasteiger partial charge on any atom is 0.235 e. The zero-order valence-electron chi connectivity index (χ0n) is 20.7. The standard InChI is InChI=1S/C14H19N3O.C13H17N3O2/c18-13-11-17(10-12-4-2-1-3-5-12)14(16-13)6-8-15-9-7-14;17-15-18-16-12(10-11-4-2-1-3-5-11)13(16)6-8-14-9-7-13/h1-5,15H,6-11H2,(H,16,18);1-5,12,14H,6-10H2. The highest BCUT2D eigenvalue weighted by Crippen LogP contribution is 2.49. The molecule has 0 radical (unpaired) electrons. The van der Waals surface area contributed by atoms with E-state index >= 15 is 0 Å². The number of hydrogen-bond donors (Lipinski definition) is 3. The minimum Gasteiger partial charge on any atom is -0.337 e. The monoisotopic (exact) mass is 492 g/mol. The number of carbonyl (C=O) groups excluding carboxylic acids is 1. The lowest BCUT2D eigenvalue weighted by atomic mass is 9.91. The van der Waals surface area contributed by atoms with Crippen molar-refractivity contribution in [3.05, 3.63) is 76.7 Å². The van der Waals surface area contributed by atoms with Crippen LogP contribution in [-0.4, -0.2) is 65.8 Å². The SMILES string of the molecule is O=C1CN(Cc2ccccc2)C2(CCNCC2)N1.O=NON1C(Cc2ccccc2)C12CCNCC2. The van der Waals surface area contributed by atoms with Crippen LogP contribution >= 0.6 is 0 Å². The Hall–Kier alpha value is -2.85. The van der Waals surface area contributed by atoms with Crippen molar-refractivity contribution in [1.82, 2.24) is 25.9 Å². The number of amides is 1. The third-order valence-corrected chi connectivity index (χ3v) is 8.10. The highest BCUT2D eigenvalue weighted by molar-refractivity contribution is 5.81. The van der Waals surface area contributed by atoms with E-state index in [4.69, 9.17) is 4.94 Å². The molecule has 9 heteroatoms. The summed E-state index contributed by atoms with van der Waals surface area (Å²) in [5, 5.41) is 14.3. The molecule has 2 unspecified atom stereocenters. The molecule has 4 heterocycles. The van der Waals surface area contributed by atoms with Gasteiger partial charge >= 0.3 is 0 Å². The lowest BCUT2D eigenvalue weighted by molar-refractivity contribution is -0.119. The Labute approximate surface area is 212 Å². The zero-order chi connectivity index (χ0) is 24.8. The average molecular weight is 493 g/mol. The molecular weight excluding hydrogens is 456 g/mol. The van der Waals surface area contributed by atoms with Crippen molar-refractivity contribution in [2.75, 3.05) is 32.7 Å². The van der Waals surface area contributed by atoms with E-state index in [1.807, 2.05) is 24.3 Å². The van der Waals surface area contributed by atoms with Crippen molar-refractivity contribution in [1.29, 1.82) is 0 Å². The minimum atomic E-state index is -0.113. The molecule has 0 bridgehead atoms. The van der Waals surface area contributed by atoms with Crippen LogP contribution in [0.15, 0.2) is 66.0 Å².